The van der Waals surface area contributed by atoms with Crippen LogP contribution in [-0.4, -0.2) is 66.3 Å². The van der Waals surface area contributed by atoms with E-state index in [4.69, 9.17) is 0 Å². The first kappa shape index (κ1) is 39.1. The highest BCUT2D eigenvalue weighted by Gasteiger charge is 2.30. The lowest BCUT2D eigenvalue weighted by Gasteiger charge is -2.22. The van der Waals surface area contributed by atoms with Crippen molar-refractivity contribution in [3.8, 4) is 45.6 Å². The molecular weight excluding hydrogens is 765 g/mol. The third-order valence-corrected chi connectivity index (χ3v) is 11.1. The molecule has 302 valence electrons. The van der Waals surface area contributed by atoms with Gasteiger partial charge in [-0.15, -0.1) is 10.2 Å². The maximum Gasteiger partial charge on any atom is 0.276 e. The van der Waals surface area contributed by atoms with Crippen molar-refractivity contribution >= 4 is 68.6 Å². The number of amides is 2. The minimum absolute atomic E-state index is 0.0368. The van der Waals surface area contributed by atoms with Gasteiger partial charge in [0.25, 0.3) is 11.8 Å². The normalized spacial score (nSPS) is 15.1. The lowest BCUT2D eigenvalue weighted by atomic mass is 9.84. The lowest BCUT2D eigenvalue weighted by Crippen LogP contribution is -2.13. The molecule has 0 bridgehead atoms. The predicted octanol–water partition coefficient (Wildman–Crippen LogP) is 8.11. The molecule has 8 N–H and O–H groups in total. The van der Waals surface area contributed by atoms with Crippen LogP contribution in [0.3, 0.4) is 0 Å². The van der Waals surface area contributed by atoms with E-state index in [1.165, 1.54) is 0 Å². The van der Waals surface area contributed by atoms with Crippen molar-refractivity contribution < 1.29 is 40.2 Å². The number of benzene rings is 6. The van der Waals surface area contributed by atoms with Crippen molar-refractivity contribution in [2.24, 2.45) is 20.4 Å². The Morgan fingerprint density at radius 1 is 0.550 bits per heavy atom. The van der Waals surface area contributed by atoms with E-state index in [2.05, 4.69) is 31.0 Å². The largest absolute Gasteiger partial charge is 0.507 e. The standard InChI is InChI=1S/C46H40N6O8/c1-18(2)32-27-15-22(6)34(43(57)36(27)29(41(55)44(32)58)17-48-52-38-26-13-20(4)9-11-31(26)50-46(38)60)33-21(5)14-24-23(7)39(53)40(54)28(35(24)42(33)56)16-47-51-37-25-12-19(3)8-10-30(25)49-45(37)59/h8-18,53-58H,1-7H3,(H,49,51,59)(H,50,52,60)/b47-16+,48-17+. The number of aryl methyl sites for hydroxylation is 5. The van der Waals surface area contributed by atoms with E-state index in [1.54, 1.807) is 57.2 Å². The number of fused-ring (bicyclic) bond motifs is 4. The first-order valence-electron chi connectivity index (χ1n) is 19.0. The fourth-order valence-electron chi connectivity index (χ4n) is 8.19. The molecule has 0 unspecified atom stereocenters. The van der Waals surface area contributed by atoms with Crippen molar-refractivity contribution in [1.82, 2.24) is 0 Å². The quantitative estimate of drug-likeness (QED) is 0.0465. The van der Waals surface area contributed by atoms with Crippen molar-refractivity contribution in [2.45, 2.75) is 54.4 Å². The van der Waals surface area contributed by atoms with Crippen molar-refractivity contribution in [2.75, 3.05) is 10.6 Å². The highest BCUT2D eigenvalue weighted by Crippen LogP contribution is 2.53. The van der Waals surface area contributed by atoms with Crippen LogP contribution in [0.5, 0.6) is 34.5 Å². The van der Waals surface area contributed by atoms with Crippen LogP contribution in [0, 0.1) is 34.6 Å². The summed E-state index contributed by atoms with van der Waals surface area (Å²) in [6.07, 6.45) is 2.28. The summed E-state index contributed by atoms with van der Waals surface area (Å²) in [5.74, 6) is -4.10. The average Bonchev–Trinajstić information content (AvgIpc) is 3.67. The van der Waals surface area contributed by atoms with E-state index in [0.717, 1.165) is 23.6 Å². The Morgan fingerprint density at radius 2 is 0.983 bits per heavy atom. The number of carbonyl (C=O) groups excluding carboxylic acids is 2. The Morgan fingerprint density at radius 3 is 1.45 bits per heavy atom. The van der Waals surface area contributed by atoms with Gasteiger partial charge in [0, 0.05) is 44.2 Å². The molecule has 0 saturated heterocycles. The van der Waals surface area contributed by atoms with Gasteiger partial charge in [-0.25, -0.2) is 0 Å². The van der Waals surface area contributed by atoms with Gasteiger partial charge in [0.05, 0.1) is 34.9 Å². The zero-order chi connectivity index (χ0) is 43.1. The predicted molar refractivity (Wildman–Crippen MR) is 233 cm³/mol. The number of nitrogens with zero attached hydrogens (tertiary/aromatic N) is 4. The highest BCUT2D eigenvalue weighted by molar-refractivity contribution is 6.54. The Labute approximate surface area is 343 Å². The molecule has 2 amide bonds. The first-order chi connectivity index (χ1) is 28.5. The fourth-order valence-corrected chi connectivity index (χ4v) is 8.19. The molecule has 6 aromatic rings. The van der Waals surface area contributed by atoms with Crippen LogP contribution in [0.15, 0.2) is 68.9 Å². The van der Waals surface area contributed by atoms with Gasteiger partial charge in [-0.05, 0) is 86.7 Å². The summed E-state index contributed by atoms with van der Waals surface area (Å²) in [5.41, 5.74) is 5.74. The maximum absolute atomic E-state index is 12.8. The summed E-state index contributed by atoms with van der Waals surface area (Å²) in [6.45, 7) is 12.4. The number of nitrogens with one attached hydrogen (secondary N) is 2. The second-order valence-corrected chi connectivity index (χ2v) is 15.5. The topological polar surface area (TPSA) is 229 Å². The van der Waals surface area contributed by atoms with Gasteiger partial charge >= 0.3 is 0 Å². The number of carbonyl (C=O) groups is 2. The van der Waals surface area contributed by atoms with Crippen LogP contribution >= 0.6 is 0 Å². The smallest absolute Gasteiger partial charge is 0.276 e. The molecule has 0 atom stereocenters. The molecule has 60 heavy (non-hydrogen) atoms. The molecular formula is C46H40N6O8. The summed E-state index contributed by atoms with van der Waals surface area (Å²) in [5, 5.41) is 92.9. The molecule has 0 fully saturated rings. The van der Waals surface area contributed by atoms with Crippen molar-refractivity contribution in [3.05, 3.63) is 104 Å². The van der Waals surface area contributed by atoms with Gasteiger partial charge in [-0.3, -0.25) is 9.59 Å². The monoisotopic (exact) mass is 804 g/mol. The third-order valence-electron chi connectivity index (χ3n) is 11.1. The second-order valence-electron chi connectivity index (χ2n) is 15.5. The molecule has 8 rings (SSSR count). The Kier molecular flexibility index (Phi) is 9.30. The van der Waals surface area contributed by atoms with Gasteiger partial charge < -0.3 is 41.3 Å². The van der Waals surface area contributed by atoms with Crippen LogP contribution in [0.25, 0.3) is 32.7 Å². The van der Waals surface area contributed by atoms with Gasteiger partial charge in [0.1, 0.15) is 11.5 Å². The summed E-state index contributed by atoms with van der Waals surface area (Å²) in [4.78, 5) is 25.6. The van der Waals surface area contributed by atoms with E-state index in [1.807, 2.05) is 39.8 Å². The van der Waals surface area contributed by atoms with E-state index in [-0.39, 0.29) is 67.4 Å². The number of rotatable bonds is 6. The van der Waals surface area contributed by atoms with Gasteiger partial charge in [-0.2, -0.15) is 10.2 Å². The number of phenols is 6. The number of aromatic hydroxyl groups is 6. The third kappa shape index (κ3) is 6.03. The molecule has 2 aliphatic rings. The molecule has 6 aromatic carbocycles. The number of hydrogen-bond donors (Lipinski definition) is 8. The zero-order valence-electron chi connectivity index (χ0n) is 33.6. The molecule has 0 radical (unpaired) electrons. The van der Waals surface area contributed by atoms with Gasteiger partial charge in [0.2, 0.25) is 0 Å². The fraction of sp³-hybridized carbons (Fsp3) is 0.174. The van der Waals surface area contributed by atoms with E-state index in [0.29, 0.717) is 50.0 Å². The van der Waals surface area contributed by atoms with E-state index >= 15 is 0 Å². The number of anilines is 2. The van der Waals surface area contributed by atoms with E-state index in [9.17, 15) is 40.2 Å². The van der Waals surface area contributed by atoms with Crippen LogP contribution < -0.4 is 10.6 Å². The number of phenolic OH excluding ortho intramolecular Hbond substituents is 6. The minimum atomic E-state index is -0.601. The average molecular weight is 805 g/mol. The molecule has 2 aliphatic heterocycles. The highest BCUT2D eigenvalue weighted by atomic mass is 16.3. The van der Waals surface area contributed by atoms with Crippen LogP contribution in [-0.2, 0) is 9.59 Å². The van der Waals surface area contributed by atoms with Crippen molar-refractivity contribution in [3.63, 3.8) is 0 Å². The molecule has 0 aliphatic carbocycles. The van der Waals surface area contributed by atoms with Crippen molar-refractivity contribution in [1.29, 1.82) is 0 Å². The molecule has 0 spiro atoms. The van der Waals surface area contributed by atoms with Crippen LogP contribution in [0.4, 0.5) is 11.4 Å². The summed E-state index contributed by atoms with van der Waals surface area (Å²) < 4.78 is 0. The SMILES string of the molecule is Cc1ccc2c(c1)/C(=N/N=C/c1c(O)c(O)c(C(C)C)c3cc(C)c(-c4c(C)cc5c(C)c(O)c(O)c(/C=N/N=C6/C(=O)Nc7ccc(C)cc76)c5c4O)c(O)c13)C(=O)N2. The summed E-state index contributed by atoms with van der Waals surface area (Å²) in [7, 11) is 0. The van der Waals surface area contributed by atoms with E-state index < -0.39 is 34.8 Å². The van der Waals surface area contributed by atoms with Gasteiger partial charge in [-0.1, -0.05) is 49.2 Å². The molecule has 0 aromatic heterocycles. The summed E-state index contributed by atoms with van der Waals surface area (Å²) >= 11 is 0. The lowest BCUT2D eigenvalue weighted by molar-refractivity contribution is -0.110. The molecule has 14 nitrogen and oxygen atoms in total. The van der Waals surface area contributed by atoms with Gasteiger partial charge in [0.15, 0.2) is 34.4 Å². The van der Waals surface area contributed by atoms with Crippen LogP contribution in [0.1, 0.15) is 75.4 Å². The molecule has 0 saturated carbocycles. The molecule has 14 heteroatoms. The minimum Gasteiger partial charge on any atom is -0.507 e. The Bertz CT molecular complexity index is 3070. The first-order valence-corrected chi connectivity index (χ1v) is 19.0. The Balaban J connectivity index is 1.35. The molecule has 2 heterocycles. The zero-order valence-corrected chi connectivity index (χ0v) is 33.6. The second kappa shape index (κ2) is 14.3. The Hall–Kier alpha value is -7.74. The number of hydrogen-bond acceptors (Lipinski definition) is 12. The maximum atomic E-state index is 12.8. The van der Waals surface area contributed by atoms with Crippen LogP contribution in [0.2, 0.25) is 0 Å². The summed E-state index contributed by atoms with van der Waals surface area (Å²) in [6, 6.07) is 14.2.